The number of rotatable bonds is 11. The van der Waals surface area contributed by atoms with Crippen LogP contribution in [-0.4, -0.2) is 62.2 Å². The molecule has 1 aromatic heterocycles. The van der Waals surface area contributed by atoms with Crippen molar-refractivity contribution in [1.82, 2.24) is 4.90 Å². The molecule has 2 aromatic rings. The maximum atomic E-state index is 12.4. The van der Waals surface area contributed by atoms with Crippen LogP contribution >= 0.6 is 0 Å². The number of ether oxygens (including phenoxy) is 1. The zero-order chi connectivity index (χ0) is 23.0. The molecule has 0 aliphatic carbocycles. The summed E-state index contributed by atoms with van der Waals surface area (Å²) in [6, 6.07) is 7.08. The Kier molecular flexibility index (Phi) is 8.87. The van der Waals surface area contributed by atoms with Crippen LogP contribution in [0.1, 0.15) is 39.7 Å². The van der Waals surface area contributed by atoms with E-state index >= 15 is 0 Å². The van der Waals surface area contributed by atoms with Crippen LogP contribution in [0, 0.1) is 0 Å². The van der Waals surface area contributed by atoms with Gasteiger partial charge in [-0.3, -0.25) is 4.79 Å². The van der Waals surface area contributed by atoms with E-state index in [1.807, 2.05) is 44.7 Å². The predicted octanol–water partition coefficient (Wildman–Crippen LogP) is 4.02. The number of quaternary nitrogens is 1. The Hall–Kier alpha value is -2.60. The molecule has 0 spiro atoms. The van der Waals surface area contributed by atoms with Gasteiger partial charge in [-0.05, 0) is 52.3 Å². The molecule has 0 radical (unpaired) electrons. The average Bonchev–Trinajstić information content (AvgIpc) is 2.70. The summed E-state index contributed by atoms with van der Waals surface area (Å²) in [7, 11) is 4.15. The lowest BCUT2D eigenvalue weighted by Crippen LogP contribution is -2.49. The first-order valence-corrected chi connectivity index (χ1v) is 11.1. The van der Waals surface area contributed by atoms with Crippen LogP contribution in [0.4, 0.5) is 0 Å². The van der Waals surface area contributed by atoms with Crippen molar-refractivity contribution in [3.8, 4) is 5.75 Å². The summed E-state index contributed by atoms with van der Waals surface area (Å²) in [6.07, 6.45) is 3.56. The molecule has 170 valence electrons. The van der Waals surface area contributed by atoms with Crippen LogP contribution in [0.3, 0.4) is 0 Å². The number of benzene rings is 1. The van der Waals surface area contributed by atoms with E-state index in [4.69, 9.17) is 9.15 Å². The van der Waals surface area contributed by atoms with Gasteiger partial charge in [0.05, 0.1) is 27.2 Å². The largest absolute Gasteiger partial charge is 0.493 e. The molecule has 0 aliphatic rings. The third-order valence-corrected chi connectivity index (χ3v) is 5.41. The van der Waals surface area contributed by atoms with E-state index in [-0.39, 0.29) is 11.5 Å². The van der Waals surface area contributed by atoms with Gasteiger partial charge in [0.15, 0.2) is 6.54 Å². The van der Waals surface area contributed by atoms with Gasteiger partial charge in [-0.1, -0.05) is 11.6 Å². The number of fused-ring (bicyclic) bond motifs is 1. The Bertz CT molecular complexity index is 967. The van der Waals surface area contributed by atoms with E-state index < -0.39 is 0 Å². The first kappa shape index (κ1) is 24.7. The van der Waals surface area contributed by atoms with E-state index in [0.717, 1.165) is 42.8 Å². The molecule has 31 heavy (non-hydrogen) atoms. The molecule has 6 heteroatoms. The summed E-state index contributed by atoms with van der Waals surface area (Å²) in [5.41, 5.74) is 2.31. The lowest BCUT2D eigenvalue weighted by molar-refractivity contribution is -0.882. The van der Waals surface area contributed by atoms with E-state index in [1.165, 1.54) is 11.6 Å². The van der Waals surface area contributed by atoms with Crippen LogP contribution in [0.15, 0.2) is 45.1 Å². The van der Waals surface area contributed by atoms with Gasteiger partial charge in [-0.25, -0.2) is 4.79 Å². The highest BCUT2D eigenvalue weighted by Gasteiger charge is 2.23. The Morgan fingerprint density at radius 1 is 1.13 bits per heavy atom. The molecule has 1 heterocycles. The summed E-state index contributed by atoms with van der Waals surface area (Å²) >= 11 is 0. The Labute approximate surface area is 185 Å². The van der Waals surface area contributed by atoms with Crippen molar-refractivity contribution >= 4 is 16.9 Å². The predicted molar refractivity (Wildman–Crippen MR) is 126 cm³/mol. The molecule has 2 rings (SSSR count). The van der Waals surface area contributed by atoms with E-state index in [0.29, 0.717) is 29.6 Å². The fourth-order valence-corrected chi connectivity index (χ4v) is 3.60. The quantitative estimate of drug-likeness (QED) is 0.234. The van der Waals surface area contributed by atoms with Crippen molar-refractivity contribution in [1.29, 1.82) is 0 Å². The van der Waals surface area contributed by atoms with Crippen molar-refractivity contribution in [2.45, 2.75) is 40.5 Å². The van der Waals surface area contributed by atoms with Crippen LogP contribution < -0.4 is 10.4 Å². The molecule has 6 nitrogen and oxygen atoms in total. The van der Waals surface area contributed by atoms with Crippen LogP contribution in [0.25, 0.3) is 11.0 Å². The number of carbonyl (C=O) groups is 1. The fraction of sp³-hybridized carbons (Fsp3) is 0.520. The van der Waals surface area contributed by atoms with Crippen molar-refractivity contribution in [3.05, 3.63) is 51.9 Å². The van der Waals surface area contributed by atoms with Crippen LogP contribution in [0.2, 0.25) is 0 Å². The molecular formula is C25H37N2O4+. The standard InChI is InChI=1S/C25H37N2O4/c1-7-26(8-2)23(28)18-27(5,6)16-9-17-30-22-14-11-20-12-15-24(29)31-25(20)21(22)13-10-19(3)4/h10-12,14-15H,7-9,13,16-18H2,1-6H3/q+1. The van der Waals surface area contributed by atoms with Crippen LogP contribution in [-0.2, 0) is 11.2 Å². The maximum Gasteiger partial charge on any atom is 0.336 e. The smallest absolute Gasteiger partial charge is 0.336 e. The molecule has 0 fully saturated rings. The van der Waals surface area contributed by atoms with Crippen molar-refractivity contribution < 1.29 is 18.4 Å². The minimum Gasteiger partial charge on any atom is -0.493 e. The van der Waals surface area contributed by atoms with Gasteiger partial charge in [0.25, 0.3) is 5.91 Å². The Morgan fingerprint density at radius 2 is 1.81 bits per heavy atom. The molecule has 0 saturated heterocycles. The second-order valence-corrected chi connectivity index (χ2v) is 8.79. The number of amides is 1. The maximum absolute atomic E-state index is 12.4. The van der Waals surface area contributed by atoms with Crippen molar-refractivity contribution in [3.63, 3.8) is 0 Å². The molecule has 0 bridgehead atoms. The summed E-state index contributed by atoms with van der Waals surface area (Å²) in [4.78, 5) is 26.1. The van der Waals surface area contributed by atoms with E-state index in [9.17, 15) is 9.59 Å². The van der Waals surface area contributed by atoms with E-state index in [1.54, 1.807) is 6.07 Å². The minimum atomic E-state index is -0.361. The van der Waals surface area contributed by atoms with Gasteiger partial charge in [-0.2, -0.15) is 0 Å². The number of likely N-dealkylation sites (N-methyl/N-ethyl adjacent to an activating group) is 2. The lowest BCUT2D eigenvalue weighted by Gasteiger charge is -2.31. The number of carbonyl (C=O) groups excluding carboxylic acids is 1. The summed E-state index contributed by atoms with van der Waals surface area (Å²) in [5, 5.41) is 0.886. The summed E-state index contributed by atoms with van der Waals surface area (Å²) in [6.45, 7) is 11.4. The molecular weight excluding hydrogens is 392 g/mol. The molecule has 0 N–H and O–H groups in total. The first-order chi connectivity index (χ1) is 14.7. The highest BCUT2D eigenvalue weighted by Crippen LogP contribution is 2.28. The minimum absolute atomic E-state index is 0.185. The first-order valence-electron chi connectivity index (χ1n) is 11.1. The monoisotopic (exact) mass is 429 g/mol. The highest BCUT2D eigenvalue weighted by molar-refractivity contribution is 5.82. The number of nitrogens with zero attached hydrogens (tertiary/aromatic N) is 2. The zero-order valence-electron chi connectivity index (χ0n) is 19.9. The normalized spacial score (nSPS) is 11.4. The fourth-order valence-electron chi connectivity index (χ4n) is 3.60. The molecule has 0 atom stereocenters. The lowest BCUT2D eigenvalue weighted by atomic mass is 10.1. The van der Waals surface area contributed by atoms with Crippen LogP contribution in [0.5, 0.6) is 5.75 Å². The Morgan fingerprint density at radius 3 is 2.45 bits per heavy atom. The summed E-state index contributed by atoms with van der Waals surface area (Å²) < 4.78 is 12.2. The van der Waals surface area contributed by atoms with Gasteiger partial charge in [0.1, 0.15) is 11.3 Å². The molecule has 0 aliphatic heterocycles. The zero-order valence-corrected chi connectivity index (χ0v) is 19.9. The van der Waals surface area contributed by atoms with Gasteiger partial charge in [-0.15, -0.1) is 0 Å². The van der Waals surface area contributed by atoms with Gasteiger partial charge in [0.2, 0.25) is 0 Å². The number of allylic oxidation sites excluding steroid dienone is 2. The average molecular weight is 430 g/mol. The molecule has 0 unspecified atom stereocenters. The third-order valence-electron chi connectivity index (χ3n) is 5.41. The second-order valence-electron chi connectivity index (χ2n) is 8.79. The Balaban J connectivity index is 2.07. The molecule has 0 saturated carbocycles. The third kappa shape index (κ3) is 7.24. The van der Waals surface area contributed by atoms with E-state index in [2.05, 4.69) is 20.2 Å². The molecule has 1 aromatic carbocycles. The van der Waals surface area contributed by atoms with Crippen molar-refractivity contribution in [2.24, 2.45) is 0 Å². The summed E-state index contributed by atoms with van der Waals surface area (Å²) in [5.74, 6) is 0.924. The topological polar surface area (TPSA) is 59.8 Å². The number of hydrogen-bond acceptors (Lipinski definition) is 4. The highest BCUT2D eigenvalue weighted by atomic mass is 16.5. The van der Waals surface area contributed by atoms with Gasteiger partial charge < -0.3 is 18.5 Å². The number of hydrogen-bond donors (Lipinski definition) is 0. The van der Waals surface area contributed by atoms with Gasteiger partial charge in [0, 0.05) is 36.5 Å². The van der Waals surface area contributed by atoms with Gasteiger partial charge >= 0.3 is 5.63 Å². The van der Waals surface area contributed by atoms with Crippen molar-refractivity contribution in [2.75, 3.05) is 46.9 Å². The molecule has 1 amide bonds. The second kappa shape index (κ2) is 11.1. The SMILES string of the molecule is CCN(CC)C(=O)C[N+](C)(C)CCCOc1ccc2ccc(=O)oc2c1CC=C(C)C.